The zero-order chi connectivity index (χ0) is 20.8. The van der Waals surface area contributed by atoms with Crippen molar-refractivity contribution in [3.8, 4) is 11.3 Å². The van der Waals surface area contributed by atoms with Gasteiger partial charge in [0.2, 0.25) is 5.91 Å². The van der Waals surface area contributed by atoms with E-state index in [1.54, 1.807) is 37.4 Å². The number of halogens is 2. The number of hydrogen-bond donors (Lipinski definition) is 3. The van der Waals surface area contributed by atoms with Crippen LogP contribution in [0.1, 0.15) is 16.1 Å². The minimum absolute atomic E-state index is 0.0652. The smallest absolute Gasteiger partial charge is 0.253 e. The van der Waals surface area contributed by atoms with Crippen LogP contribution < -0.4 is 16.0 Å². The van der Waals surface area contributed by atoms with E-state index < -0.39 is 0 Å². The molecule has 1 heterocycles. The molecule has 6 nitrogen and oxygen atoms in total. The highest BCUT2D eigenvalue weighted by Crippen LogP contribution is 2.31. The van der Waals surface area contributed by atoms with Gasteiger partial charge < -0.3 is 20.4 Å². The Morgan fingerprint density at radius 1 is 1.10 bits per heavy atom. The third kappa shape index (κ3) is 5.47. The lowest BCUT2D eigenvalue weighted by atomic mass is 10.1. The van der Waals surface area contributed by atoms with E-state index in [9.17, 15) is 9.59 Å². The van der Waals surface area contributed by atoms with Gasteiger partial charge in [-0.3, -0.25) is 9.59 Å². The molecule has 0 radical (unpaired) electrons. The molecule has 0 aliphatic rings. The Balaban J connectivity index is 1.56. The van der Waals surface area contributed by atoms with Crippen molar-refractivity contribution in [2.75, 3.05) is 18.9 Å². The standard InChI is InChI=1S/C21H19BrClN3O3/c1-24-21(28)15-4-2-3-5-18(15)26-20(27)12-25-11-14-7-9-19(29-14)16-10-13(22)6-8-17(16)23/h2-10,25H,11-12H2,1H3,(H,24,28)(H,26,27). The van der Waals surface area contributed by atoms with E-state index in [1.807, 2.05) is 24.3 Å². The topological polar surface area (TPSA) is 83.4 Å². The van der Waals surface area contributed by atoms with Gasteiger partial charge in [0, 0.05) is 17.1 Å². The van der Waals surface area contributed by atoms with Crippen LogP contribution in [-0.4, -0.2) is 25.4 Å². The normalized spacial score (nSPS) is 10.6. The molecule has 1 aromatic heterocycles. The highest BCUT2D eigenvalue weighted by molar-refractivity contribution is 9.10. The number of carbonyl (C=O) groups is 2. The number of furan rings is 1. The first-order valence-electron chi connectivity index (χ1n) is 8.83. The lowest BCUT2D eigenvalue weighted by Gasteiger charge is -2.10. The highest BCUT2D eigenvalue weighted by Gasteiger charge is 2.12. The average Bonchev–Trinajstić information content (AvgIpc) is 3.18. The molecular weight excluding hydrogens is 458 g/mol. The highest BCUT2D eigenvalue weighted by atomic mass is 79.9. The van der Waals surface area contributed by atoms with Crippen LogP contribution in [0.2, 0.25) is 5.02 Å². The van der Waals surface area contributed by atoms with Crippen molar-refractivity contribution in [3.05, 3.63) is 75.4 Å². The van der Waals surface area contributed by atoms with Crippen molar-refractivity contribution >= 4 is 45.0 Å². The molecule has 0 aliphatic carbocycles. The molecule has 0 saturated carbocycles. The maximum absolute atomic E-state index is 12.2. The molecule has 150 valence electrons. The van der Waals surface area contributed by atoms with E-state index in [2.05, 4.69) is 31.9 Å². The number of anilines is 1. The summed E-state index contributed by atoms with van der Waals surface area (Å²) in [7, 11) is 1.54. The van der Waals surface area contributed by atoms with Crippen LogP contribution in [0.15, 0.2) is 63.5 Å². The van der Waals surface area contributed by atoms with Crippen molar-refractivity contribution < 1.29 is 14.0 Å². The van der Waals surface area contributed by atoms with Gasteiger partial charge in [-0.2, -0.15) is 0 Å². The molecule has 3 aromatic rings. The fraction of sp³-hybridized carbons (Fsp3) is 0.143. The van der Waals surface area contributed by atoms with Gasteiger partial charge >= 0.3 is 0 Å². The molecule has 3 rings (SSSR count). The lowest BCUT2D eigenvalue weighted by Crippen LogP contribution is -2.29. The molecule has 2 aromatic carbocycles. The third-order valence-electron chi connectivity index (χ3n) is 4.11. The lowest BCUT2D eigenvalue weighted by molar-refractivity contribution is -0.115. The zero-order valence-corrected chi connectivity index (χ0v) is 17.9. The van der Waals surface area contributed by atoms with E-state index in [0.29, 0.717) is 34.3 Å². The van der Waals surface area contributed by atoms with E-state index in [0.717, 1.165) is 10.0 Å². The van der Waals surface area contributed by atoms with Crippen LogP contribution in [0.5, 0.6) is 0 Å². The predicted octanol–water partition coefficient (Wildman–Crippen LogP) is 4.45. The molecule has 0 saturated heterocycles. The summed E-state index contributed by atoms with van der Waals surface area (Å²) in [4.78, 5) is 24.1. The zero-order valence-electron chi connectivity index (χ0n) is 15.6. The fourth-order valence-corrected chi connectivity index (χ4v) is 3.29. The number of para-hydroxylation sites is 1. The van der Waals surface area contributed by atoms with Gasteiger partial charge in [-0.05, 0) is 42.5 Å². The first-order chi connectivity index (χ1) is 14.0. The van der Waals surface area contributed by atoms with Gasteiger partial charge in [0.1, 0.15) is 11.5 Å². The second-order valence-corrected chi connectivity index (χ2v) is 7.49. The largest absolute Gasteiger partial charge is 0.460 e. The monoisotopic (exact) mass is 475 g/mol. The Kier molecular flexibility index (Phi) is 7.09. The maximum Gasteiger partial charge on any atom is 0.253 e. The number of carbonyl (C=O) groups excluding carboxylic acids is 2. The van der Waals surface area contributed by atoms with Crippen molar-refractivity contribution in [2.45, 2.75) is 6.54 Å². The quantitative estimate of drug-likeness (QED) is 0.470. The molecule has 0 fully saturated rings. The van der Waals surface area contributed by atoms with Crippen molar-refractivity contribution in [2.24, 2.45) is 0 Å². The molecule has 8 heteroatoms. The van der Waals surface area contributed by atoms with E-state index in [-0.39, 0.29) is 18.4 Å². The fourth-order valence-electron chi connectivity index (χ4n) is 2.72. The summed E-state index contributed by atoms with van der Waals surface area (Å²) in [5.74, 6) is 0.804. The Morgan fingerprint density at radius 3 is 2.69 bits per heavy atom. The van der Waals surface area contributed by atoms with Gasteiger partial charge in [-0.1, -0.05) is 39.7 Å². The molecule has 0 atom stereocenters. The Bertz CT molecular complexity index is 1040. The average molecular weight is 477 g/mol. The maximum atomic E-state index is 12.2. The second kappa shape index (κ2) is 9.73. The molecule has 0 spiro atoms. The molecular formula is C21H19BrClN3O3. The summed E-state index contributed by atoms with van der Waals surface area (Å²) in [5, 5.41) is 8.91. The van der Waals surface area contributed by atoms with Crippen LogP contribution in [0.25, 0.3) is 11.3 Å². The van der Waals surface area contributed by atoms with Gasteiger partial charge in [0.15, 0.2) is 0 Å². The summed E-state index contributed by atoms with van der Waals surface area (Å²) < 4.78 is 6.72. The summed E-state index contributed by atoms with van der Waals surface area (Å²) in [6, 6.07) is 16.0. The molecule has 0 aliphatic heterocycles. The number of rotatable bonds is 7. The Labute approximate surface area is 181 Å². The third-order valence-corrected chi connectivity index (χ3v) is 4.94. The van der Waals surface area contributed by atoms with Crippen LogP contribution >= 0.6 is 27.5 Å². The van der Waals surface area contributed by atoms with Gasteiger partial charge in [0.25, 0.3) is 5.91 Å². The number of benzene rings is 2. The molecule has 0 unspecified atom stereocenters. The predicted molar refractivity (Wildman–Crippen MR) is 117 cm³/mol. The molecule has 3 N–H and O–H groups in total. The first-order valence-corrected chi connectivity index (χ1v) is 10.0. The van der Waals surface area contributed by atoms with Gasteiger partial charge in [-0.15, -0.1) is 0 Å². The summed E-state index contributed by atoms with van der Waals surface area (Å²) in [6.07, 6.45) is 0. The van der Waals surface area contributed by atoms with E-state index >= 15 is 0 Å². The minimum atomic E-state index is -0.261. The van der Waals surface area contributed by atoms with E-state index in [4.69, 9.17) is 16.0 Å². The van der Waals surface area contributed by atoms with Crippen LogP contribution in [-0.2, 0) is 11.3 Å². The number of nitrogens with one attached hydrogen (secondary N) is 3. The summed E-state index contributed by atoms with van der Waals surface area (Å²) in [5.41, 5.74) is 1.66. The van der Waals surface area contributed by atoms with Gasteiger partial charge in [-0.25, -0.2) is 0 Å². The second-order valence-electron chi connectivity index (χ2n) is 6.17. The van der Waals surface area contributed by atoms with Crippen molar-refractivity contribution in [3.63, 3.8) is 0 Å². The molecule has 0 bridgehead atoms. The SMILES string of the molecule is CNC(=O)c1ccccc1NC(=O)CNCc1ccc(-c2cc(Br)ccc2Cl)o1. The van der Waals surface area contributed by atoms with Crippen LogP contribution in [0.4, 0.5) is 5.69 Å². The molecule has 2 amide bonds. The van der Waals surface area contributed by atoms with Crippen molar-refractivity contribution in [1.29, 1.82) is 0 Å². The Morgan fingerprint density at radius 2 is 1.90 bits per heavy atom. The van der Waals surface area contributed by atoms with Gasteiger partial charge in [0.05, 0.1) is 29.4 Å². The molecule has 29 heavy (non-hydrogen) atoms. The number of amides is 2. The van der Waals surface area contributed by atoms with E-state index in [1.165, 1.54) is 0 Å². The Hall–Kier alpha value is -2.61. The number of hydrogen-bond acceptors (Lipinski definition) is 4. The first kappa shape index (κ1) is 21.1. The van der Waals surface area contributed by atoms with Crippen LogP contribution in [0, 0.1) is 0 Å². The van der Waals surface area contributed by atoms with Crippen molar-refractivity contribution in [1.82, 2.24) is 10.6 Å². The summed E-state index contributed by atoms with van der Waals surface area (Å²) in [6.45, 7) is 0.436. The minimum Gasteiger partial charge on any atom is -0.460 e. The van der Waals surface area contributed by atoms with Crippen LogP contribution in [0.3, 0.4) is 0 Å². The summed E-state index contributed by atoms with van der Waals surface area (Å²) >= 11 is 9.65.